The number of hydrogen-bond acceptors (Lipinski definition) is 5. The lowest BCUT2D eigenvalue weighted by Gasteiger charge is -2.30. The molecule has 0 heterocycles. The molecule has 0 aliphatic rings. The first-order valence-corrected chi connectivity index (χ1v) is 6.47. The third-order valence-corrected chi connectivity index (χ3v) is 3.37. The van der Waals surface area contributed by atoms with Gasteiger partial charge in [0.05, 0.1) is 0 Å². The van der Waals surface area contributed by atoms with Crippen molar-refractivity contribution >= 4 is 18.7 Å². The number of nitrogens with two attached hydrogens (primary N) is 1. The van der Waals surface area contributed by atoms with Gasteiger partial charge in [0.1, 0.15) is 18.1 Å². The van der Waals surface area contributed by atoms with Crippen LogP contribution in [-0.4, -0.2) is 27.7 Å². The number of rotatable bonds is 5. The fourth-order valence-corrected chi connectivity index (χ4v) is 2.12. The summed E-state index contributed by atoms with van der Waals surface area (Å²) in [6, 6.07) is 12.9. The van der Waals surface area contributed by atoms with E-state index >= 15 is 0 Å². The van der Waals surface area contributed by atoms with Crippen molar-refractivity contribution in [2.75, 3.05) is 0 Å². The van der Waals surface area contributed by atoms with Crippen LogP contribution in [0.4, 0.5) is 0 Å². The lowest BCUT2D eigenvalue weighted by molar-refractivity contribution is -0.0768. The number of carbonyl (C=O) groups is 1. The molecule has 0 radical (unpaired) electrons. The topological polar surface area (TPSA) is 104 Å². The highest BCUT2D eigenvalue weighted by molar-refractivity contribution is 5.85. The molecule has 0 fully saturated rings. The van der Waals surface area contributed by atoms with Crippen LogP contribution < -0.4 is 5.73 Å². The van der Waals surface area contributed by atoms with Crippen LogP contribution in [0, 0.1) is 0 Å². The van der Waals surface area contributed by atoms with Crippen LogP contribution in [0.2, 0.25) is 0 Å². The molecule has 2 aromatic rings. The smallest absolute Gasteiger partial charge is 0.169 e. The van der Waals surface area contributed by atoms with Gasteiger partial charge in [-0.2, -0.15) is 0 Å². The molecule has 0 aromatic heterocycles. The Labute approximate surface area is 134 Å². The number of carbonyl (C=O) groups excluding carboxylic acids is 1. The maximum absolute atomic E-state index is 10.8. The Kier molecular flexibility index (Phi) is 6.08. The molecule has 2 atom stereocenters. The summed E-state index contributed by atoms with van der Waals surface area (Å²) in [6.07, 6.45) is -0.658. The summed E-state index contributed by atoms with van der Waals surface area (Å²) >= 11 is 0. The van der Waals surface area contributed by atoms with E-state index in [2.05, 4.69) is 0 Å². The standard InChI is InChI=1S/C16H17NO4.ClH/c17-16(21,13-8-12(10-18)6-7-14(13)19)15(20)9-11-4-2-1-3-5-11;/h1-8,10,15,19-21H,9,17H2;1H/t15-,16-;/m1./s1. The Balaban J connectivity index is 0.00000242. The third kappa shape index (κ3) is 3.84. The first-order chi connectivity index (χ1) is 9.95. The number of halogens is 1. The molecule has 0 saturated heterocycles. The van der Waals surface area contributed by atoms with E-state index in [0.29, 0.717) is 6.29 Å². The number of phenols is 1. The number of phenolic OH excluding ortho intramolecular Hbond substituents is 1. The Morgan fingerprint density at radius 2 is 1.82 bits per heavy atom. The highest BCUT2D eigenvalue weighted by Gasteiger charge is 2.35. The maximum atomic E-state index is 10.8. The molecule has 0 aliphatic carbocycles. The number of benzene rings is 2. The van der Waals surface area contributed by atoms with Crippen molar-refractivity contribution in [2.24, 2.45) is 5.73 Å². The van der Waals surface area contributed by atoms with Gasteiger partial charge in [0.2, 0.25) is 0 Å². The van der Waals surface area contributed by atoms with Crippen LogP contribution in [0.25, 0.3) is 0 Å². The van der Waals surface area contributed by atoms with E-state index in [9.17, 15) is 20.1 Å². The van der Waals surface area contributed by atoms with Gasteiger partial charge in [-0.25, -0.2) is 0 Å². The van der Waals surface area contributed by atoms with Crippen LogP contribution in [-0.2, 0) is 12.1 Å². The molecular weight excluding hydrogens is 306 g/mol. The number of hydrogen-bond donors (Lipinski definition) is 4. The molecule has 2 aromatic carbocycles. The second-order valence-electron chi connectivity index (χ2n) is 4.93. The van der Waals surface area contributed by atoms with Gasteiger partial charge in [-0.1, -0.05) is 30.3 Å². The van der Waals surface area contributed by atoms with Crippen molar-refractivity contribution in [3.05, 3.63) is 65.2 Å². The molecule has 0 spiro atoms. The lowest BCUT2D eigenvalue weighted by atomic mass is 9.91. The van der Waals surface area contributed by atoms with E-state index < -0.39 is 11.8 Å². The second kappa shape index (κ2) is 7.38. The van der Waals surface area contributed by atoms with Gasteiger partial charge < -0.3 is 15.3 Å². The zero-order valence-electron chi connectivity index (χ0n) is 11.7. The average Bonchev–Trinajstić information content (AvgIpc) is 2.48. The monoisotopic (exact) mass is 323 g/mol. The lowest BCUT2D eigenvalue weighted by Crippen LogP contribution is -2.49. The van der Waals surface area contributed by atoms with Crippen LogP contribution in [0.3, 0.4) is 0 Å². The number of aliphatic hydroxyl groups is 2. The molecule has 5 nitrogen and oxygen atoms in total. The first kappa shape index (κ1) is 18.1. The van der Waals surface area contributed by atoms with Crippen LogP contribution in [0.15, 0.2) is 48.5 Å². The Morgan fingerprint density at radius 1 is 1.18 bits per heavy atom. The zero-order chi connectivity index (χ0) is 15.5. The minimum absolute atomic E-state index is 0. The van der Waals surface area contributed by atoms with Crippen molar-refractivity contribution < 1.29 is 20.1 Å². The van der Waals surface area contributed by atoms with Crippen LogP contribution in [0.1, 0.15) is 21.5 Å². The highest BCUT2D eigenvalue weighted by Crippen LogP contribution is 2.30. The van der Waals surface area contributed by atoms with Gasteiger partial charge in [0, 0.05) is 17.5 Å². The molecule has 118 valence electrons. The molecule has 2 rings (SSSR count). The minimum Gasteiger partial charge on any atom is -0.508 e. The van der Waals surface area contributed by atoms with Gasteiger partial charge in [-0.3, -0.25) is 10.5 Å². The number of aldehydes is 1. The molecule has 0 bridgehead atoms. The fourth-order valence-electron chi connectivity index (χ4n) is 2.12. The fraction of sp³-hybridized carbons (Fsp3) is 0.188. The van der Waals surface area contributed by atoms with E-state index in [4.69, 9.17) is 5.73 Å². The van der Waals surface area contributed by atoms with E-state index in [1.165, 1.54) is 18.2 Å². The van der Waals surface area contributed by atoms with Crippen molar-refractivity contribution in [3.8, 4) is 5.75 Å². The van der Waals surface area contributed by atoms with Crippen LogP contribution >= 0.6 is 12.4 Å². The quantitative estimate of drug-likeness (QED) is 0.491. The number of aliphatic hydroxyl groups excluding tert-OH is 1. The minimum atomic E-state index is -2.17. The Morgan fingerprint density at radius 3 is 2.41 bits per heavy atom. The molecular formula is C16H18ClNO4. The SMILES string of the molecule is Cl.N[C@@](O)(c1cc(C=O)ccc1O)[C@H](O)Cc1ccccc1. The Bertz CT molecular complexity index is 631. The van der Waals surface area contributed by atoms with Gasteiger partial charge in [-0.05, 0) is 23.8 Å². The zero-order valence-corrected chi connectivity index (χ0v) is 12.5. The first-order valence-electron chi connectivity index (χ1n) is 6.47. The summed E-state index contributed by atoms with van der Waals surface area (Å²) in [5.41, 5.74) is 4.57. The third-order valence-electron chi connectivity index (χ3n) is 3.37. The van der Waals surface area contributed by atoms with E-state index in [0.717, 1.165) is 5.56 Å². The second-order valence-corrected chi connectivity index (χ2v) is 4.93. The molecule has 6 heteroatoms. The summed E-state index contributed by atoms with van der Waals surface area (Å²) in [6.45, 7) is 0. The molecule has 0 aliphatic heterocycles. The molecule has 0 saturated carbocycles. The van der Waals surface area contributed by atoms with Gasteiger partial charge in [0.25, 0.3) is 0 Å². The molecule has 0 amide bonds. The maximum Gasteiger partial charge on any atom is 0.169 e. The largest absolute Gasteiger partial charge is 0.508 e. The van der Waals surface area contributed by atoms with E-state index in [-0.39, 0.29) is 35.7 Å². The summed E-state index contributed by atoms with van der Waals surface area (Å²) in [4.78, 5) is 10.8. The van der Waals surface area contributed by atoms with E-state index in [1.54, 1.807) is 12.1 Å². The van der Waals surface area contributed by atoms with Gasteiger partial charge in [0.15, 0.2) is 5.72 Å². The molecule has 5 N–H and O–H groups in total. The summed E-state index contributed by atoms with van der Waals surface area (Å²) in [5.74, 6) is -0.280. The summed E-state index contributed by atoms with van der Waals surface area (Å²) < 4.78 is 0. The van der Waals surface area contributed by atoms with Crippen molar-refractivity contribution in [2.45, 2.75) is 18.2 Å². The summed E-state index contributed by atoms with van der Waals surface area (Å²) in [7, 11) is 0. The van der Waals surface area contributed by atoms with Crippen molar-refractivity contribution in [3.63, 3.8) is 0 Å². The van der Waals surface area contributed by atoms with Crippen LogP contribution in [0.5, 0.6) is 5.75 Å². The summed E-state index contributed by atoms with van der Waals surface area (Å²) in [5, 5.41) is 30.4. The van der Waals surface area contributed by atoms with Gasteiger partial charge >= 0.3 is 0 Å². The average molecular weight is 324 g/mol. The predicted molar refractivity (Wildman–Crippen MR) is 85.0 cm³/mol. The molecule has 0 unspecified atom stereocenters. The highest BCUT2D eigenvalue weighted by atomic mass is 35.5. The van der Waals surface area contributed by atoms with Crippen molar-refractivity contribution in [1.29, 1.82) is 0 Å². The number of aromatic hydroxyl groups is 1. The van der Waals surface area contributed by atoms with E-state index in [1.807, 2.05) is 18.2 Å². The predicted octanol–water partition coefficient (Wildman–Crippen LogP) is 1.33. The Hall–Kier alpha value is -1.92. The van der Waals surface area contributed by atoms with Crippen molar-refractivity contribution in [1.82, 2.24) is 0 Å². The van der Waals surface area contributed by atoms with Gasteiger partial charge in [-0.15, -0.1) is 12.4 Å². The normalized spacial score (nSPS) is 14.5. The molecule has 22 heavy (non-hydrogen) atoms.